The summed E-state index contributed by atoms with van der Waals surface area (Å²) in [5.41, 5.74) is 2.21. The van der Waals surface area contributed by atoms with Crippen molar-refractivity contribution in [1.29, 1.82) is 0 Å². The van der Waals surface area contributed by atoms with Crippen molar-refractivity contribution in [2.24, 2.45) is 0 Å². The Morgan fingerprint density at radius 1 is 1.22 bits per heavy atom. The van der Waals surface area contributed by atoms with Crippen LogP contribution >= 0.6 is 15.9 Å². The quantitative estimate of drug-likeness (QED) is 0.843. The van der Waals surface area contributed by atoms with E-state index in [1.807, 2.05) is 25.1 Å². The van der Waals surface area contributed by atoms with E-state index in [1.165, 1.54) is 19.2 Å². The Morgan fingerprint density at radius 3 is 2.74 bits per heavy atom. The maximum Gasteiger partial charge on any atom is 0.274 e. The molecule has 1 heterocycles. The molecule has 1 amide bonds. The monoisotopic (exact) mass is 374 g/mol. The minimum absolute atomic E-state index is 0.244. The fourth-order valence-electron chi connectivity index (χ4n) is 2.75. The van der Waals surface area contributed by atoms with Gasteiger partial charge in [0.15, 0.2) is 0 Å². The number of nitrogens with one attached hydrogen (secondary N) is 2. The molecule has 1 aliphatic carbocycles. The lowest BCUT2D eigenvalue weighted by molar-refractivity contribution is 0.102. The zero-order chi connectivity index (χ0) is 16.2. The van der Waals surface area contributed by atoms with Crippen molar-refractivity contribution in [3.05, 3.63) is 46.3 Å². The lowest BCUT2D eigenvalue weighted by Crippen LogP contribution is -2.18. The Balaban J connectivity index is 1.71. The molecule has 23 heavy (non-hydrogen) atoms. The van der Waals surface area contributed by atoms with Gasteiger partial charge in [-0.05, 0) is 53.4 Å². The number of aromatic nitrogens is 2. The summed E-state index contributed by atoms with van der Waals surface area (Å²) in [7, 11) is 0. The Kier molecular flexibility index (Phi) is 4.91. The molecule has 1 aliphatic rings. The molecule has 0 saturated heterocycles. The lowest BCUT2D eigenvalue weighted by atomic mass is 10.2. The van der Waals surface area contributed by atoms with Gasteiger partial charge in [-0.3, -0.25) is 4.79 Å². The van der Waals surface area contributed by atoms with E-state index in [0.717, 1.165) is 28.6 Å². The zero-order valence-corrected chi connectivity index (χ0v) is 14.6. The topological polar surface area (TPSA) is 66.9 Å². The first-order chi connectivity index (χ1) is 11.1. The van der Waals surface area contributed by atoms with E-state index in [-0.39, 0.29) is 5.91 Å². The fraction of sp³-hybridized carbons (Fsp3) is 0.353. The highest BCUT2D eigenvalue weighted by Gasteiger charge is 2.16. The number of anilines is 2. The van der Waals surface area contributed by atoms with Crippen LogP contribution in [0.5, 0.6) is 0 Å². The zero-order valence-electron chi connectivity index (χ0n) is 13.0. The summed E-state index contributed by atoms with van der Waals surface area (Å²) in [6.07, 6.45) is 6.23. The van der Waals surface area contributed by atoms with Gasteiger partial charge in [0.25, 0.3) is 5.91 Å². The molecular weight excluding hydrogens is 356 g/mol. The number of rotatable bonds is 4. The molecule has 0 unspecified atom stereocenters. The second-order valence-corrected chi connectivity index (χ2v) is 6.71. The van der Waals surface area contributed by atoms with Crippen molar-refractivity contribution >= 4 is 33.3 Å². The predicted molar refractivity (Wildman–Crippen MR) is 94.7 cm³/mol. The highest BCUT2D eigenvalue weighted by molar-refractivity contribution is 9.10. The molecule has 0 radical (unpaired) electrons. The summed E-state index contributed by atoms with van der Waals surface area (Å²) in [6.45, 7) is 2.00. The molecule has 2 aromatic rings. The molecule has 1 aromatic carbocycles. The van der Waals surface area contributed by atoms with Crippen molar-refractivity contribution in [2.45, 2.75) is 38.6 Å². The number of carbonyl (C=O) groups excluding carboxylic acids is 1. The van der Waals surface area contributed by atoms with Gasteiger partial charge < -0.3 is 10.6 Å². The highest BCUT2D eigenvalue weighted by atomic mass is 79.9. The number of benzene rings is 1. The molecule has 5 nitrogen and oxygen atoms in total. The summed E-state index contributed by atoms with van der Waals surface area (Å²) < 4.78 is 0.851. The summed E-state index contributed by atoms with van der Waals surface area (Å²) in [5, 5.41) is 6.25. The van der Waals surface area contributed by atoms with Gasteiger partial charge in [-0.15, -0.1) is 0 Å². The van der Waals surface area contributed by atoms with Crippen molar-refractivity contribution in [3.63, 3.8) is 0 Å². The Bertz CT molecular complexity index is 713. The molecule has 1 aromatic heterocycles. The molecule has 0 bridgehead atoms. The van der Waals surface area contributed by atoms with Crippen LogP contribution < -0.4 is 10.6 Å². The summed E-state index contributed by atoms with van der Waals surface area (Å²) in [6, 6.07) is 7.94. The molecule has 1 saturated carbocycles. The third-order valence-electron chi connectivity index (χ3n) is 3.98. The Hall–Kier alpha value is -1.95. The smallest absolute Gasteiger partial charge is 0.274 e. The van der Waals surface area contributed by atoms with E-state index in [1.54, 1.807) is 6.07 Å². The molecule has 1 fully saturated rings. The van der Waals surface area contributed by atoms with Gasteiger partial charge in [0.05, 0.1) is 5.69 Å². The predicted octanol–water partition coefficient (Wildman–Crippen LogP) is 4.15. The molecule has 0 aliphatic heterocycles. The van der Waals surface area contributed by atoms with Gasteiger partial charge in [-0.1, -0.05) is 18.9 Å². The number of carbonyl (C=O) groups is 1. The second kappa shape index (κ2) is 7.08. The number of amides is 1. The third-order valence-corrected chi connectivity index (χ3v) is 4.64. The Morgan fingerprint density at radius 2 is 2.00 bits per heavy atom. The molecule has 6 heteroatoms. The van der Waals surface area contributed by atoms with E-state index in [9.17, 15) is 4.79 Å². The maximum absolute atomic E-state index is 12.4. The second-order valence-electron chi connectivity index (χ2n) is 5.85. The first-order valence-electron chi connectivity index (χ1n) is 7.78. The van der Waals surface area contributed by atoms with Gasteiger partial charge in [0.2, 0.25) is 0 Å². The number of nitrogens with zero attached hydrogens (tertiary/aromatic N) is 2. The van der Waals surface area contributed by atoms with Crippen LogP contribution in [0.15, 0.2) is 35.1 Å². The van der Waals surface area contributed by atoms with Gasteiger partial charge in [-0.2, -0.15) is 0 Å². The molecule has 3 rings (SSSR count). The minimum atomic E-state index is -0.244. The SMILES string of the molecule is Cc1ccc(NC(=O)c2cc(NC3CCCC3)ncn2)c(Br)c1. The molecule has 2 N–H and O–H groups in total. The van der Waals surface area contributed by atoms with Crippen LogP contribution in [-0.2, 0) is 0 Å². The average molecular weight is 375 g/mol. The van der Waals surface area contributed by atoms with Crippen LogP contribution in [0, 0.1) is 6.92 Å². The van der Waals surface area contributed by atoms with Crippen LogP contribution in [-0.4, -0.2) is 21.9 Å². The van der Waals surface area contributed by atoms with Crippen molar-refractivity contribution < 1.29 is 4.79 Å². The normalized spacial score (nSPS) is 14.7. The van der Waals surface area contributed by atoms with Crippen molar-refractivity contribution in [1.82, 2.24) is 9.97 Å². The largest absolute Gasteiger partial charge is 0.367 e. The van der Waals surface area contributed by atoms with Crippen molar-refractivity contribution in [3.8, 4) is 0 Å². The lowest BCUT2D eigenvalue weighted by Gasteiger charge is -2.13. The standard InChI is InChI=1S/C17H19BrN4O/c1-11-6-7-14(13(18)8-11)22-17(23)15-9-16(20-10-19-15)21-12-4-2-3-5-12/h6-10,12H,2-5H2,1H3,(H,22,23)(H,19,20,21). The fourth-order valence-corrected chi connectivity index (χ4v) is 3.34. The van der Waals surface area contributed by atoms with Gasteiger partial charge in [-0.25, -0.2) is 9.97 Å². The molecule has 120 valence electrons. The molecule has 0 spiro atoms. The van der Waals surface area contributed by atoms with Gasteiger partial charge in [0.1, 0.15) is 17.8 Å². The Labute approximate surface area is 144 Å². The summed E-state index contributed by atoms with van der Waals surface area (Å²) in [4.78, 5) is 20.7. The number of halogens is 1. The van der Waals surface area contributed by atoms with Crippen LogP contribution in [0.4, 0.5) is 11.5 Å². The minimum Gasteiger partial charge on any atom is -0.367 e. The highest BCUT2D eigenvalue weighted by Crippen LogP contribution is 2.24. The van der Waals surface area contributed by atoms with E-state index >= 15 is 0 Å². The number of hydrogen-bond acceptors (Lipinski definition) is 4. The molecular formula is C17H19BrN4O. The first-order valence-corrected chi connectivity index (χ1v) is 8.57. The number of hydrogen-bond donors (Lipinski definition) is 2. The van der Waals surface area contributed by atoms with Crippen LogP contribution in [0.25, 0.3) is 0 Å². The van der Waals surface area contributed by atoms with E-state index in [4.69, 9.17) is 0 Å². The molecule has 0 atom stereocenters. The first kappa shape index (κ1) is 15.9. The van der Waals surface area contributed by atoms with E-state index < -0.39 is 0 Å². The van der Waals surface area contributed by atoms with Gasteiger partial charge >= 0.3 is 0 Å². The van der Waals surface area contributed by atoms with Crippen LogP contribution in [0.3, 0.4) is 0 Å². The van der Waals surface area contributed by atoms with Crippen molar-refractivity contribution in [2.75, 3.05) is 10.6 Å². The summed E-state index contributed by atoms with van der Waals surface area (Å²) in [5.74, 6) is 0.464. The maximum atomic E-state index is 12.4. The van der Waals surface area contributed by atoms with Crippen LogP contribution in [0.1, 0.15) is 41.7 Å². The average Bonchev–Trinajstić information content (AvgIpc) is 3.03. The van der Waals surface area contributed by atoms with E-state index in [2.05, 4.69) is 36.5 Å². The van der Waals surface area contributed by atoms with Crippen LogP contribution in [0.2, 0.25) is 0 Å². The van der Waals surface area contributed by atoms with E-state index in [0.29, 0.717) is 17.6 Å². The summed E-state index contributed by atoms with van der Waals surface area (Å²) >= 11 is 3.46. The third kappa shape index (κ3) is 4.07. The van der Waals surface area contributed by atoms with Gasteiger partial charge in [0, 0.05) is 16.6 Å². The number of aryl methyl sites for hydroxylation is 1.